The number of imide groups is 1. The van der Waals surface area contributed by atoms with E-state index in [9.17, 15) is 14.4 Å². The minimum atomic E-state index is -0.722. The van der Waals surface area contributed by atoms with Gasteiger partial charge in [-0.3, -0.25) is 24.3 Å². The van der Waals surface area contributed by atoms with Crippen LogP contribution in [0.3, 0.4) is 0 Å². The molecular formula is C11H9N3O3S2. The van der Waals surface area contributed by atoms with Crippen molar-refractivity contribution in [1.29, 1.82) is 0 Å². The summed E-state index contributed by atoms with van der Waals surface area (Å²) >= 11 is 6.44. The molecule has 3 rings (SSSR count). The van der Waals surface area contributed by atoms with Crippen molar-refractivity contribution in [3.63, 3.8) is 0 Å². The lowest BCUT2D eigenvalue weighted by molar-refractivity contribution is -0.135. The molecule has 2 aromatic heterocycles. The van der Waals surface area contributed by atoms with Crippen LogP contribution in [0.2, 0.25) is 0 Å². The number of piperidine rings is 1. The van der Waals surface area contributed by atoms with Gasteiger partial charge in [0.1, 0.15) is 10.7 Å². The Bertz CT molecular complexity index is 801. The molecule has 0 bridgehead atoms. The van der Waals surface area contributed by atoms with Crippen molar-refractivity contribution in [3.05, 3.63) is 26.6 Å². The minimum Gasteiger partial charge on any atom is -0.331 e. The zero-order chi connectivity index (χ0) is 13.6. The van der Waals surface area contributed by atoms with Crippen LogP contribution >= 0.6 is 23.6 Å². The average molecular weight is 295 g/mol. The summed E-state index contributed by atoms with van der Waals surface area (Å²) in [4.78, 5) is 38.3. The number of nitrogens with one attached hydrogen (secondary N) is 2. The highest BCUT2D eigenvalue weighted by molar-refractivity contribution is 7.71. The third-order valence-corrected chi connectivity index (χ3v) is 4.26. The van der Waals surface area contributed by atoms with Crippen LogP contribution in [0, 0.1) is 4.77 Å². The Morgan fingerprint density at radius 1 is 1.37 bits per heavy atom. The highest BCUT2D eigenvalue weighted by Gasteiger charge is 2.30. The molecule has 0 spiro atoms. The second-order valence-corrected chi connectivity index (χ2v) is 5.54. The molecule has 1 unspecified atom stereocenters. The number of aromatic nitrogens is 2. The quantitative estimate of drug-likeness (QED) is 0.609. The Balaban J connectivity index is 2.20. The molecule has 0 aromatic carbocycles. The lowest BCUT2D eigenvalue weighted by Gasteiger charge is -2.22. The topological polar surface area (TPSA) is 84.0 Å². The van der Waals surface area contributed by atoms with Gasteiger partial charge in [0, 0.05) is 6.42 Å². The molecule has 2 amide bonds. The van der Waals surface area contributed by atoms with Crippen molar-refractivity contribution < 1.29 is 9.59 Å². The van der Waals surface area contributed by atoms with Crippen molar-refractivity contribution in [2.45, 2.75) is 18.9 Å². The number of fused-ring (bicyclic) bond motifs is 1. The Labute approximate surface area is 116 Å². The molecule has 1 fully saturated rings. The molecule has 2 aromatic rings. The first-order valence-corrected chi connectivity index (χ1v) is 6.92. The number of hydrogen-bond donors (Lipinski definition) is 2. The highest BCUT2D eigenvalue weighted by Crippen LogP contribution is 2.20. The number of thiophene rings is 1. The number of carbonyl (C=O) groups excluding carboxylic acids is 2. The maximum absolute atomic E-state index is 12.4. The number of carbonyl (C=O) groups is 2. The fourth-order valence-electron chi connectivity index (χ4n) is 2.16. The molecule has 1 atom stereocenters. The first-order valence-electron chi connectivity index (χ1n) is 5.63. The number of H-pyrrole nitrogens is 1. The molecule has 8 heteroatoms. The van der Waals surface area contributed by atoms with Crippen LogP contribution in [0.25, 0.3) is 10.2 Å². The SMILES string of the molecule is O=C1CCC(n2c(=S)[nH]c3ccsc3c2=O)C(=O)N1. The van der Waals surface area contributed by atoms with Crippen LogP contribution in [-0.4, -0.2) is 21.4 Å². The van der Waals surface area contributed by atoms with E-state index in [0.29, 0.717) is 16.6 Å². The number of hydrogen-bond acceptors (Lipinski definition) is 5. The van der Waals surface area contributed by atoms with Crippen molar-refractivity contribution >= 4 is 45.6 Å². The molecule has 98 valence electrons. The molecule has 3 heterocycles. The minimum absolute atomic E-state index is 0.199. The van der Waals surface area contributed by atoms with Gasteiger partial charge < -0.3 is 4.98 Å². The molecule has 6 nitrogen and oxygen atoms in total. The number of aromatic amines is 1. The molecule has 19 heavy (non-hydrogen) atoms. The predicted molar refractivity (Wildman–Crippen MR) is 72.7 cm³/mol. The van der Waals surface area contributed by atoms with Gasteiger partial charge in [0.05, 0.1) is 5.52 Å². The zero-order valence-electron chi connectivity index (χ0n) is 9.63. The standard InChI is InChI=1S/C11H9N3O3S2/c15-7-2-1-6(9(16)13-7)14-10(17)8-5(3-4-19-8)12-11(14)18/h3-4,6H,1-2H2,(H,12,18)(H,13,15,16). The van der Waals surface area contributed by atoms with Gasteiger partial charge in [-0.15, -0.1) is 11.3 Å². The van der Waals surface area contributed by atoms with Crippen LogP contribution in [0.15, 0.2) is 16.2 Å². The van der Waals surface area contributed by atoms with E-state index < -0.39 is 11.9 Å². The first kappa shape index (κ1) is 12.2. The van der Waals surface area contributed by atoms with Crippen LogP contribution in [0.1, 0.15) is 18.9 Å². The Hall–Kier alpha value is -1.80. The maximum Gasteiger partial charge on any atom is 0.272 e. The largest absolute Gasteiger partial charge is 0.331 e. The van der Waals surface area contributed by atoms with Crippen LogP contribution < -0.4 is 10.9 Å². The fourth-order valence-corrected chi connectivity index (χ4v) is 3.27. The van der Waals surface area contributed by atoms with Gasteiger partial charge in [-0.25, -0.2) is 0 Å². The van der Waals surface area contributed by atoms with Gasteiger partial charge >= 0.3 is 0 Å². The van der Waals surface area contributed by atoms with Crippen molar-refractivity contribution in [2.24, 2.45) is 0 Å². The van der Waals surface area contributed by atoms with E-state index in [1.54, 1.807) is 11.4 Å². The van der Waals surface area contributed by atoms with E-state index in [1.807, 2.05) is 0 Å². The average Bonchev–Trinajstić information content (AvgIpc) is 2.80. The summed E-state index contributed by atoms with van der Waals surface area (Å²) in [5.74, 6) is -0.796. The molecule has 2 N–H and O–H groups in total. The van der Waals surface area contributed by atoms with Crippen LogP contribution in [-0.2, 0) is 9.59 Å². The summed E-state index contributed by atoms with van der Waals surface area (Å²) < 4.78 is 1.99. The van der Waals surface area contributed by atoms with Crippen molar-refractivity contribution in [3.8, 4) is 0 Å². The number of amides is 2. The van der Waals surface area contributed by atoms with Gasteiger partial charge in [-0.05, 0) is 30.1 Å². The molecule has 0 saturated carbocycles. The van der Waals surface area contributed by atoms with Crippen molar-refractivity contribution in [2.75, 3.05) is 0 Å². The van der Waals surface area contributed by atoms with E-state index in [2.05, 4.69) is 10.3 Å². The monoisotopic (exact) mass is 295 g/mol. The third-order valence-electron chi connectivity index (χ3n) is 3.06. The predicted octanol–water partition coefficient (Wildman–Crippen LogP) is 1.10. The Morgan fingerprint density at radius 3 is 2.89 bits per heavy atom. The van der Waals surface area contributed by atoms with Crippen LogP contribution in [0.4, 0.5) is 0 Å². The van der Waals surface area contributed by atoms with Crippen molar-refractivity contribution in [1.82, 2.24) is 14.9 Å². The summed E-state index contributed by atoms with van der Waals surface area (Å²) in [5.41, 5.74) is 0.381. The molecule has 1 saturated heterocycles. The van der Waals surface area contributed by atoms with E-state index in [0.717, 1.165) is 0 Å². The number of nitrogens with zero attached hydrogens (tertiary/aromatic N) is 1. The van der Waals surface area contributed by atoms with Gasteiger partial charge in [-0.2, -0.15) is 0 Å². The lowest BCUT2D eigenvalue weighted by atomic mass is 10.1. The van der Waals surface area contributed by atoms with Crippen LogP contribution in [0.5, 0.6) is 0 Å². The van der Waals surface area contributed by atoms with E-state index in [1.165, 1.54) is 15.9 Å². The molecule has 1 aliphatic heterocycles. The normalized spacial score (nSPS) is 19.7. The first-order chi connectivity index (χ1) is 9.08. The van der Waals surface area contributed by atoms with E-state index in [-0.39, 0.29) is 22.7 Å². The Kier molecular flexibility index (Phi) is 2.83. The van der Waals surface area contributed by atoms with E-state index in [4.69, 9.17) is 12.2 Å². The number of rotatable bonds is 1. The van der Waals surface area contributed by atoms with Gasteiger partial charge in [0.25, 0.3) is 5.56 Å². The molecule has 1 aliphatic rings. The Morgan fingerprint density at radius 2 is 2.16 bits per heavy atom. The summed E-state index contributed by atoms with van der Waals surface area (Å²) in [7, 11) is 0. The zero-order valence-corrected chi connectivity index (χ0v) is 11.3. The fraction of sp³-hybridized carbons (Fsp3) is 0.273. The smallest absolute Gasteiger partial charge is 0.272 e. The molecule has 0 radical (unpaired) electrons. The molecular weight excluding hydrogens is 286 g/mol. The summed E-state index contributed by atoms with van der Waals surface area (Å²) in [6, 6.07) is 1.05. The summed E-state index contributed by atoms with van der Waals surface area (Å²) in [6.45, 7) is 0. The highest BCUT2D eigenvalue weighted by atomic mass is 32.1. The van der Waals surface area contributed by atoms with E-state index >= 15 is 0 Å². The second-order valence-electron chi connectivity index (χ2n) is 4.24. The summed E-state index contributed by atoms with van der Waals surface area (Å²) in [5, 5.41) is 4.01. The maximum atomic E-state index is 12.4. The van der Waals surface area contributed by atoms with Gasteiger partial charge in [-0.1, -0.05) is 0 Å². The third kappa shape index (κ3) is 1.92. The lowest BCUT2D eigenvalue weighted by Crippen LogP contribution is -2.44. The molecule has 0 aliphatic carbocycles. The second kappa shape index (κ2) is 4.39. The summed E-state index contributed by atoms with van der Waals surface area (Å²) in [6.07, 6.45) is 0.499. The van der Waals surface area contributed by atoms with Gasteiger partial charge in [0.2, 0.25) is 11.8 Å². The van der Waals surface area contributed by atoms with Gasteiger partial charge in [0.15, 0.2) is 4.77 Å².